The summed E-state index contributed by atoms with van der Waals surface area (Å²) in [5, 5.41) is 11.0. The Labute approximate surface area is 100 Å². The summed E-state index contributed by atoms with van der Waals surface area (Å²) < 4.78 is 0. The van der Waals surface area contributed by atoms with Crippen molar-refractivity contribution in [3.8, 4) is 0 Å². The van der Waals surface area contributed by atoms with Crippen LogP contribution in [-0.4, -0.2) is 11.2 Å². The first kappa shape index (κ1) is 11.3. The molecule has 0 aliphatic heterocycles. The predicted octanol–water partition coefficient (Wildman–Crippen LogP) is 3.87. The molecule has 3 unspecified atom stereocenters. The Balaban J connectivity index is 2.23. The van der Waals surface area contributed by atoms with Crippen molar-refractivity contribution >= 4 is 23.2 Å². The van der Waals surface area contributed by atoms with Gasteiger partial charge in [0.15, 0.2) is 0 Å². The van der Waals surface area contributed by atoms with Crippen molar-refractivity contribution in [2.75, 3.05) is 0 Å². The molecule has 0 amide bonds. The second-order valence-electron chi connectivity index (χ2n) is 4.15. The molecule has 2 rings (SSSR count). The van der Waals surface area contributed by atoms with Crippen molar-refractivity contribution in [1.82, 2.24) is 0 Å². The van der Waals surface area contributed by atoms with Crippen LogP contribution in [0.2, 0.25) is 10.0 Å². The smallest absolute Gasteiger partial charge is 0.0580 e. The standard InChI is InChI=1S/C12H14Cl2O/c1-2-8-10(6-12(8)15)9-4-3-7(13)5-11(9)14/h3-5,8,10,12,15H,2,6H2,1H3. The fourth-order valence-corrected chi connectivity index (χ4v) is 2.95. The molecule has 1 aliphatic rings. The zero-order chi connectivity index (χ0) is 11.0. The van der Waals surface area contributed by atoms with E-state index in [0.29, 0.717) is 16.9 Å². The molecule has 0 bridgehead atoms. The van der Waals surface area contributed by atoms with Gasteiger partial charge in [0.05, 0.1) is 6.10 Å². The van der Waals surface area contributed by atoms with E-state index in [1.54, 1.807) is 6.07 Å². The fourth-order valence-electron chi connectivity index (χ4n) is 2.40. The quantitative estimate of drug-likeness (QED) is 0.838. The lowest BCUT2D eigenvalue weighted by Crippen LogP contribution is -2.39. The van der Waals surface area contributed by atoms with Crippen molar-refractivity contribution in [2.45, 2.75) is 31.8 Å². The minimum Gasteiger partial charge on any atom is -0.393 e. The summed E-state index contributed by atoms with van der Waals surface area (Å²) in [7, 11) is 0. The lowest BCUT2D eigenvalue weighted by atomic mass is 9.66. The van der Waals surface area contributed by atoms with Gasteiger partial charge in [-0.05, 0) is 36.0 Å². The minimum absolute atomic E-state index is 0.160. The molecule has 82 valence electrons. The first-order valence-electron chi connectivity index (χ1n) is 5.26. The van der Waals surface area contributed by atoms with Gasteiger partial charge in [-0.2, -0.15) is 0 Å². The fraction of sp³-hybridized carbons (Fsp3) is 0.500. The Bertz CT molecular complexity index is 365. The van der Waals surface area contributed by atoms with Gasteiger partial charge in [0.2, 0.25) is 0 Å². The summed E-state index contributed by atoms with van der Waals surface area (Å²) in [6.07, 6.45) is 1.65. The van der Waals surface area contributed by atoms with Gasteiger partial charge in [0.25, 0.3) is 0 Å². The summed E-state index contributed by atoms with van der Waals surface area (Å²) in [6, 6.07) is 5.61. The highest BCUT2D eigenvalue weighted by Crippen LogP contribution is 2.46. The van der Waals surface area contributed by atoms with Crippen LogP contribution in [-0.2, 0) is 0 Å². The molecule has 1 aromatic rings. The Kier molecular flexibility index (Phi) is 3.24. The van der Waals surface area contributed by atoms with Crippen LogP contribution < -0.4 is 0 Å². The Morgan fingerprint density at radius 1 is 1.40 bits per heavy atom. The maximum atomic E-state index is 9.62. The Hall–Kier alpha value is -0.240. The lowest BCUT2D eigenvalue weighted by Gasteiger charge is -2.42. The van der Waals surface area contributed by atoms with Crippen LogP contribution in [0.5, 0.6) is 0 Å². The van der Waals surface area contributed by atoms with Gasteiger partial charge < -0.3 is 5.11 Å². The topological polar surface area (TPSA) is 20.2 Å². The Morgan fingerprint density at radius 3 is 2.67 bits per heavy atom. The molecule has 15 heavy (non-hydrogen) atoms. The number of aliphatic hydroxyl groups is 1. The van der Waals surface area contributed by atoms with E-state index in [2.05, 4.69) is 6.92 Å². The predicted molar refractivity (Wildman–Crippen MR) is 63.6 cm³/mol. The number of aliphatic hydroxyl groups excluding tert-OH is 1. The molecule has 0 heterocycles. The van der Waals surface area contributed by atoms with Crippen molar-refractivity contribution in [3.63, 3.8) is 0 Å². The lowest BCUT2D eigenvalue weighted by molar-refractivity contribution is -0.000686. The normalized spacial score (nSPS) is 30.0. The highest BCUT2D eigenvalue weighted by atomic mass is 35.5. The van der Waals surface area contributed by atoms with Crippen LogP contribution in [0.15, 0.2) is 18.2 Å². The van der Waals surface area contributed by atoms with Gasteiger partial charge in [-0.1, -0.05) is 42.6 Å². The molecular formula is C12H14Cl2O. The highest BCUT2D eigenvalue weighted by Gasteiger charge is 2.40. The van der Waals surface area contributed by atoms with Crippen molar-refractivity contribution in [1.29, 1.82) is 0 Å². The molecule has 3 heteroatoms. The van der Waals surface area contributed by atoms with Crippen LogP contribution in [0.4, 0.5) is 0 Å². The van der Waals surface area contributed by atoms with Crippen molar-refractivity contribution < 1.29 is 5.11 Å². The maximum absolute atomic E-state index is 9.62. The summed E-state index contributed by atoms with van der Waals surface area (Å²) in [4.78, 5) is 0. The van der Waals surface area contributed by atoms with Gasteiger partial charge in [0, 0.05) is 10.0 Å². The molecule has 1 saturated carbocycles. The number of halogens is 2. The molecule has 1 aliphatic carbocycles. The average molecular weight is 245 g/mol. The van der Waals surface area contributed by atoms with Crippen LogP contribution in [0, 0.1) is 5.92 Å². The Morgan fingerprint density at radius 2 is 2.13 bits per heavy atom. The van der Waals surface area contributed by atoms with Crippen LogP contribution in [0.3, 0.4) is 0 Å². The second kappa shape index (κ2) is 4.32. The van der Waals surface area contributed by atoms with Crippen LogP contribution in [0.1, 0.15) is 31.2 Å². The third-order valence-corrected chi connectivity index (χ3v) is 3.90. The number of hydrogen-bond donors (Lipinski definition) is 1. The van der Waals surface area contributed by atoms with E-state index < -0.39 is 0 Å². The highest BCUT2D eigenvalue weighted by molar-refractivity contribution is 6.35. The SMILES string of the molecule is CCC1C(O)CC1c1ccc(Cl)cc1Cl. The zero-order valence-electron chi connectivity index (χ0n) is 8.58. The molecule has 1 fully saturated rings. The molecule has 0 spiro atoms. The molecule has 3 atom stereocenters. The molecule has 1 nitrogen and oxygen atoms in total. The van der Waals surface area contributed by atoms with E-state index in [-0.39, 0.29) is 6.10 Å². The van der Waals surface area contributed by atoms with Gasteiger partial charge in [-0.15, -0.1) is 0 Å². The molecule has 0 radical (unpaired) electrons. The zero-order valence-corrected chi connectivity index (χ0v) is 10.1. The van der Waals surface area contributed by atoms with E-state index in [1.807, 2.05) is 12.1 Å². The van der Waals surface area contributed by atoms with Gasteiger partial charge in [-0.25, -0.2) is 0 Å². The first-order valence-corrected chi connectivity index (χ1v) is 6.02. The third-order valence-electron chi connectivity index (χ3n) is 3.34. The number of hydrogen-bond acceptors (Lipinski definition) is 1. The van der Waals surface area contributed by atoms with E-state index in [1.165, 1.54) is 0 Å². The van der Waals surface area contributed by atoms with Crippen LogP contribution in [0.25, 0.3) is 0 Å². The summed E-state index contributed by atoms with van der Waals surface area (Å²) in [5.41, 5.74) is 1.12. The van der Waals surface area contributed by atoms with Gasteiger partial charge >= 0.3 is 0 Å². The molecule has 0 aromatic heterocycles. The summed E-state index contributed by atoms with van der Waals surface area (Å²) in [5.74, 6) is 0.749. The number of rotatable bonds is 2. The van der Waals surface area contributed by atoms with Gasteiger partial charge in [0.1, 0.15) is 0 Å². The van der Waals surface area contributed by atoms with E-state index in [4.69, 9.17) is 23.2 Å². The van der Waals surface area contributed by atoms with Crippen molar-refractivity contribution in [2.24, 2.45) is 5.92 Å². The summed E-state index contributed by atoms with van der Waals surface area (Å²) in [6.45, 7) is 2.10. The van der Waals surface area contributed by atoms with E-state index in [9.17, 15) is 5.11 Å². The largest absolute Gasteiger partial charge is 0.393 e. The van der Waals surface area contributed by atoms with E-state index >= 15 is 0 Å². The monoisotopic (exact) mass is 244 g/mol. The molecule has 1 N–H and O–H groups in total. The minimum atomic E-state index is -0.160. The summed E-state index contributed by atoms with van der Waals surface area (Å²) >= 11 is 12.0. The first-order chi connectivity index (χ1) is 7.13. The number of benzene rings is 1. The van der Waals surface area contributed by atoms with E-state index in [0.717, 1.165) is 23.4 Å². The third kappa shape index (κ3) is 2.01. The molecular weight excluding hydrogens is 231 g/mol. The molecule has 0 saturated heterocycles. The van der Waals surface area contributed by atoms with Crippen LogP contribution >= 0.6 is 23.2 Å². The molecule has 1 aromatic carbocycles. The second-order valence-corrected chi connectivity index (χ2v) is 4.99. The van der Waals surface area contributed by atoms with Crippen molar-refractivity contribution in [3.05, 3.63) is 33.8 Å². The maximum Gasteiger partial charge on any atom is 0.0580 e. The van der Waals surface area contributed by atoms with Gasteiger partial charge in [-0.3, -0.25) is 0 Å². The average Bonchev–Trinajstić information content (AvgIpc) is 2.16.